The summed E-state index contributed by atoms with van der Waals surface area (Å²) >= 11 is 0. The summed E-state index contributed by atoms with van der Waals surface area (Å²) in [6, 6.07) is 6.08. The summed E-state index contributed by atoms with van der Waals surface area (Å²) in [5, 5.41) is 0. The summed E-state index contributed by atoms with van der Waals surface area (Å²) < 4.78 is 16.1. The molecule has 2 aliphatic rings. The molecule has 0 aromatic heterocycles. The number of rotatable bonds is 3. The quantitative estimate of drug-likeness (QED) is 0.800. The van der Waals surface area contributed by atoms with Crippen LogP contribution >= 0.6 is 0 Å². The van der Waals surface area contributed by atoms with Gasteiger partial charge in [-0.1, -0.05) is 0 Å². The number of hydrogen-bond donors (Lipinski definition) is 0. The molecular formula is C13H17NO3. The van der Waals surface area contributed by atoms with Crippen molar-refractivity contribution in [3.05, 3.63) is 18.2 Å². The van der Waals surface area contributed by atoms with E-state index >= 15 is 0 Å². The van der Waals surface area contributed by atoms with Gasteiger partial charge in [0, 0.05) is 37.9 Å². The van der Waals surface area contributed by atoms with E-state index in [4.69, 9.17) is 14.2 Å². The Morgan fingerprint density at radius 3 is 3.00 bits per heavy atom. The second kappa shape index (κ2) is 4.45. The van der Waals surface area contributed by atoms with Crippen LogP contribution in [0.25, 0.3) is 0 Å². The highest BCUT2D eigenvalue weighted by molar-refractivity contribution is 5.56. The zero-order valence-corrected chi connectivity index (χ0v) is 10.0. The van der Waals surface area contributed by atoms with Gasteiger partial charge in [-0.25, -0.2) is 0 Å². The number of nitrogens with zero attached hydrogens (tertiary/aromatic N) is 1. The first kappa shape index (κ1) is 10.7. The van der Waals surface area contributed by atoms with E-state index in [0.717, 1.165) is 37.7 Å². The molecule has 0 bridgehead atoms. The van der Waals surface area contributed by atoms with Gasteiger partial charge in [0.1, 0.15) is 0 Å². The van der Waals surface area contributed by atoms with Gasteiger partial charge in [-0.3, -0.25) is 0 Å². The van der Waals surface area contributed by atoms with E-state index in [1.165, 1.54) is 5.69 Å². The van der Waals surface area contributed by atoms with Gasteiger partial charge in [-0.05, 0) is 18.6 Å². The van der Waals surface area contributed by atoms with E-state index in [-0.39, 0.29) is 0 Å². The highest BCUT2D eigenvalue weighted by Crippen LogP contribution is 2.35. The molecule has 2 heterocycles. The Bertz CT molecular complexity index is 402. The zero-order chi connectivity index (χ0) is 11.7. The van der Waals surface area contributed by atoms with E-state index in [0.29, 0.717) is 12.7 Å². The van der Waals surface area contributed by atoms with Crippen LogP contribution in [0.5, 0.6) is 11.5 Å². The first-order chi connectivity index (χ1) is 8.33. The molecular weight excluding hydrogens is 218 g/mol. The van der Waals surface area contributed by atoms with E-state index in [1.54, 1.807) is 0 Å². The van der Waals surface area contributed by atoms with Crippen LogP contribution < -0.4 is 14.4 Å². The fourth-order valence-corrected chi connectivity index (χ4v) is 2.34. The van der Waals surface area contributed by atoms with E-state index < -0.39 is 0 Å². The summed E-state index contributed by atoms with van der Waals surface area (Å²) in [6.45, 7) is 3.15. The van der Waals surface area contributed by atoms with Gasteiger partial charge in [0.05, 0.1) is 6.61 Å². The fourth-order valence-electron chi connectivity index (χ4n) is 2.34. The molecule has 4 heteroatoms. The van der Waals surface area contributed by atoms with Crippen molar-refractivity contribution >= 4 is 5.69 Å². The lowest BCUT2D eigenvalue weighted by atomic mass is 10.1. The molecule has 1 unspecified atom stereocenters. The average Bonchev–Trinajstić information content (AvgIpc) is 2.97. The number of ether oxygens (including phenoxy) is 3. The van der Waals surface area contributed by atoms with E-state index in [2.05, 4.69) is 18.0 Å². The van der Waals surface area contributed by atoms with Crippen LogP contribution in [-0.2, 0) is 4.74 Å². The minimum absolute atomic E-state index is 0.332. The van der Waals surface area contributed by atoms with Crippen LogP contribution in [0, 0.1) is 5.92 Å². The molecule has 0 spiro atoms. The lowest BCUT2D eigenvalue weighted by Crippen LogP contribution is -2.25. The minimum Gasteiger partial charge on any atom is -0.454 e. The molecule has 0 aliphatic carbocycles. The summed E-state index contributed by atoms with van der Waals surface area (Å²) in [6.07, 6.45) is 1.16. The Hall–Kier alpha value is -1.42. The van der Waals surface area contributed by atoms with E-state index in [9.17, 15) is 0 Å². The van der Waals surface area contributed by atoms with Crippen molar-refractivity contribution in [2.24, 2.45) is 5.92 Å². The van der Waals surface area contributed by atoms with Crippen molar-refractivity contribution in [3.63, 3.8) is 0 Å². The average molecular weight is 235 g/mol. The largest absolute Gasteiger partial charge is 0.454 e. The van der Waals surface area contributed by atoms with Crippen molar-refractivity contribution < 1.29 is 14.2 Å². The maximum absolute atomic E-state index is 5.40. The molecule has 0 amide bonds. The summed E-state index contributed by atoms with van der Waals surface area (Å²) in [5.74, 6) is 2.33. The van der Waals surface area contributed by atoms with E-state index in [1.807, 2.05) is 12.1 Å². The van der Waals surface area contributed by atoms with Crippen molar-refractivity contribution in [2.75, 3.05) is 38.5 Å². The normalized spacial score (nSPS) is 21.8. The fraction of sp³-hybridized carbons (Fsp3) is 0.538. The third kappa shape index (κ3) is 2.17. The Morgan fingerprint density at radius 2 is 2.18 bits per heavy atom. The third-order valence-electron chi connectivity index (χ3n) is 3.35. The van der Waals surface area contributed by atoms with Gasteiger partial charge in [0.2, 0.25) is 6.79 Å². The van der Waals surface area contributed by atoms with Crippen molar-refractivity contribution in [3.8, 4) is 11.5 Å². The van der Waals surface area contributed by atoms with Crippen LogP contribution in [0.1, 0.15) is 6.42 Å². The lowest BCUT2D eigenvalue weighted by Gasteiger charge is -2.22. The first-order valence-electron chi connectivity index (χ1n) is 6.01. The predicted octanol–water partition coefficient (Wildman–Crippen LogP) is 1.89. The smallest absolute Gasteiger partial charge is 0.231 e. The molecule has 17 heavy (non-hydrogen) atoms. The highest BCUT2D eigenvalue weighted by atomic mass is 16.7. The molecule has 0 radical (unpaired) electrons. The van der Waals surface area contributed by atoms with Gasteiger partial charge in [-0.2, -0.15) is 0 Å². The zero-order valence-electron chi connectivity index (χ0n) is 10.0. The first-order valence-corrected chi connectivity index (χ1v) is 6.01. The molecule has 1 aromatic carbocycles. The third-order valence-corrected chi connectivity index (χ3v) is 3.35. The van der Waals surface area contributed by atoms with Crippen LogP contribution in [0.4, 0.5) is 5.69 Å². The lowest BCUT2D eigenvalue weighted by molar-refractivity contribution is 0.174. The van der Waals surface area contributed by atoms with Gasteiger partial charge < -0.3 is 19.1 Å². The molecule has 1 aromatic rings. The molecule has 0 saturated carbocycles. The predicted molar refractivity (Wildman–Crippen MR) is 64.8 cm³/mol. The Kier molecular flexibility index (Phi) is 2.81. The van der Waals surface area contributed by atoms with Crippen LogP contribution in [-0.4, -0.2) is 33.6 Å². The molecule has 1 fully saturated rings. The molecule has 2 aliphatic heterocycles. The number of hydrogen-bond acceptors (Lipinski definition) is 4. The Balaban J connectivity index is 1.70. The molecule has 3 rings (SSSR count). The van der Waals surface area contributed by atoms with Crippen LogP contribution in [0.2, 0.25) is 0 Å². The van der Waals surface area contributed by atoms with Crippen LogP contribution in [0.15, 0.2) is 18.2 Å². The summed E-state index contributed by atoms with van der Waals surface area (Å²) in [4.78, 5) is 2.25. The molecule has 0 N–H and O–H groups in total. The van der Waals surface area contributed by atoms with Gasteiger partial charge in [0.15, 0.2) is 11.5 Å². The van der Waals surface area contributed by atoms with Crippen molar-refractivity contribution in [2.45, 2.75) is 6.42 Å². The number of benzene rings is 1. The van der Waals surface area contributed by atoms with Gasteiger partial charge in [-0.15, -0.1) is 0 Å². The SMILES string of the molecule is CN(CC1CCOC1)c1ccc2c(c1)OCO2. The summed E-state index contributed by atoms with van der Waals surface area (Å²) in [5.41, 5.74) is 1.17. The standard InChI is InChI=1S/C13H17NO3/c1-14(7-10-4-5-15-8-10)11-2-3-12-13(6-11)17-9-16-12/h2-3,6,10H,4-5,7-9H2,1H3. The van der Waals surface area contributed by atoms with Gasteiger partial charge >= 0.3 is 0 Å². The number of fused-ring (bicyclic) bond motifs is 1. The molecule has 1 saturated heterocycles. The maximum Gasteiger partial charge on any atom is 0.231 e. The minimum atomic E-state index is 0.332. The van der Waals surface area contributed by atoms with Gasteiger partial charge in [0.25, 0.3) is 0 Å². The highest BCUT2D eigenvalue weighted by Gasteiger charge is 2.19. The molecule has 92 valence electrons. The maximum atomic E-state index is 5.40. The van der Waals surface area contributed by atoms with Crippen molar-refractivity contribution in [1.29, 1.82) is 0 Å². The second-order valence-corrected chi connectivity index (χ2v) is 4.65. The van der Waals surface area contributed by atoms with Crippen molar-refractivity contribution in [1.82, 2.24) is 0 Å². The molecule has 1 atom stereocenters. The van der Waals surface area contributed by atoms with Crippen LogP contribution in [0.3, 0.4) is 0 Å². The second-order valence-electron chi connectivity index (χ2n) is 4.65. The monoisotopic (exact) mass is 235 g/mol. The molecule has 4 nitrogen and oxygen atoms in total. The Labute approximate surface area is 101 Å². The summed E-state index contributed by atoms with van der Waals surface area (Å²) in [7, 11) is 2.11. The topological polar surface area (TPSA) is 30.9 Å². The Morgan fingerprint density at radius 1 is 1.29 bits per heavy atom. The number of anilines is 1.